The average Bonchev–Trinajstić information content (AvgIpc) is 3.37. The molecular formula is C19H19ClN4O4S2. The van der Waals surface area contributed by atoms with Gasteiger partial charge in [0, 0.05) is 41.7 Å². The standard InChI is InChI=1S/C19H19ClN4O4S2/c1-12-21-18(23-28-12)14-8-17(29-11-14)30(26,27)24-7-3-4-13(10-24)19(25)22-16-6-2-5-15(20)9-16/h2,5-6,8-9,11,13H,3-4,7,10H2,1H3,(H,22,25)/t13-/m0/s1. The summed E-state index contributed by atoms with van der Waals surface area (Å²) < 4.78 is 32.8. The Kier molecular flexibility index (Phi) is 5.92. The number of hydrogen-bond donors (Lipinski definition) is 1. The molecule has 1 fully saturated rings. The van der Waals surface area contributed by atoms with E-state index in [1.165, 1.54) is 4.31 Å². The van der Waals surface area contributed by atoms with Crippen molar-refractivity contribution in [2.75, 3.05) is 18.4 Å². The summed E-state index contributed by atoms with van der Waals surface area (Å²) in [6, 6.07) is 8.41. The third-order valence-electron chi connectivity index (χ3n) is 4.80. The van der Waals surface area contributed by atoms with Crippen molar-refractivity contribution in [1.29, 1.82) is 0 Å². The van der Waals surface area contributed by atoms with Gasteiger partial charge in [0.15, 0.2) is 0 Å². The van der Waals surface area contributed by atoms with Gasteiger partial charge in [-0.25, -0.2) is 8.42 Å². The minimum atomic E-state index is -3.72. The van der Waals surface area contributed by atoms with Crippen molar-refractivity contribution >= 4 is 44.6 Å². The molecule has 0 bridgehead atoms. The van der Waals surface area contributed by atoms with Crippen LogP contribution in [0.4, 0.5) is 5.69 Å². The predicted molar refractivity (Wildman–Crippen MR) is 114 cm³/mol. The van der Waals surface area contributed by atoms with Gasteiger partial charge < -0.3 is 9.84 Å². The Hall–Kier alpha value is -2.27. The fourth-order valence-corrected chi connectivity index (χ4v) is 6.32. The molecule has 0 saturated carbocycles. The van der Waals surface area contributed by atoms with E-state index in [2.05, 4.69) is 15.5 Å². The van der Waals surface area contributed by atoms with E-state index in [4.69, 9.17) is 16.1 Å². The second kappa shape index (κ2) is 8.46. The summed E-state index contributed by atoms with van der Waals surface area (Å²) in [5.41, 5.74) is 1.17. The van der Waals surface area contributed by atoms with Gasteiger partial charge in [0.1, 0.15) is 4.21 Å². The first-order chi connectivity index (χ1) is 14.3. The van der Waals surface area contributed by atoms with E-state index in [-0.39, 0.29) is 16.7 Å². The van der Waals surface area contributed by atoms with Gasteiger partial charge in [0.25, 0.3) is 10.0 Å². The van der Waals surface area contributed by atoms with E-state index in [0.717, 1.165) is 11.3 Å². The van der Waals surface area contributed by atoms with E-state index in [1.807, 2.05) is 0 Å². The highest BCUT2D eigenvalue weighted by atomic mass is 35.5. The van der Waals surface area contributed by atoms with E-state index in [9.17, 15) is 13.2 Å². The number of aromatic nitrogens is 2. The van der Waals surface area contributed by atoms with Crippen LogP contribution in [0.2, 0.25) is 5.02 Å². The van der Waals surface area contributed by atoms with Crippen LogP contribution in [0, 0.1) is 12.8 Å². The molecule has 0 unspecified atom stereocenters. The molecule has 0 radical (unpaired) electrons. The highest BCUT2D eigenvalue weighted by Gasteiger charge is 2.34. The van der Waals surface area contributed by atoms with Gasteiger partial charge in [0.2, 0.25) is 17.6 Å². The summed E-state index contributed by atoms with van der Waals surface area (Å²) in [5, 5.41) is 8.85. The molecule has 1 N–H and O–H groups in total. The molecule has 1 saturated heterocycles. The van der Waals surface area contributed by atoms with Crippen molar-refractivity contribution in [2.24, 2.45) is 5.92 Å². The summed E-state index contributed by atoms with van der Waals surface area (Å²) in [6.45, 7) is 2.17. The Balaban J connectivity index is 1.48. The number of benzene rings is 1. The van der Waals surface area contributed by atoms with Crippen LogP contribution < -0.4 is 5.32 Å². The summed E-state index contributed by atoms with van der Waals surface area (Å²) in [6.07, 6.45) is 1.23. The molecule has 158 valence electrons. The van der Waals surface area contributed by atoms with Gasteiger partial charge in [-0.3, -0.25) is 4.79 Å². The first-order valence-corrected chi connectivity index (χ1v) is 12.0. The Morgan fingerprint density at radius 2 is 2.20 bits per heavy atom. The van der Waals surface area contributed by atoms with E-state index in [0.29, 0.717) is 47.4 Å². The molecule has 1 aromatic carbocycles. The Morgan fingerprint density at radius 1 is 1.37 bits per heavy atom. The maximum atomic E-state index is 13.1. The summed E-state index contributed by atoms with van der Waals surface area (Å²) in [4.78, 5) is 16.8. The number of thiophene rings is 1. The lowest BCUT2D eigenvalue weighted by Crippen LogP contribution is -2.43. The summed E-state index contributed by atoms with van der Waals surface area (Å²) in [7, 11) is -3.72. The van der Waals surface area contributed by atoms with Crippen molar-refractivity contribution in [2.45, 2.75) is 24.0 Å². The van der Waals surface area contributed by atoms with Gasteiger partial charge >= 0.3 is 0 Å². The fourth-order valence-electron chi connectivity index (χ4n) is 3.30. The van der Waals surface area contributed by atoms with Crippen molar-refractivity contribution in [1.82, 2.24) is 14.4 Å². The topological polar surface area (TPSA) is 105 Å². The molecule has 1 aliphatic rings. The first-order valence-electron chi connectivity index (χ1n) is 9.29. The number of hydrogen-bond acceptors (Lipinski definition) is 7. The second-order valence-electron chi connectivity index (χ2n) is 6.99. The van der Waals surface area contributed by atoms with Crippen LogP contribution >= 0.6 is 22.9 Å². The van der Waals surface area contributed by atoms with Crippen molar-refractivity contribution < 1.29 is 17.7 Å². The molecular weight excluding hydrogens is 448 g/mol. The van der Waals surface area contributed by atoms with Crippen LogP contribution in [0.25, 0.3) is 11.4 Å². The molecule has 3 heterocycles. The van der Waals surface area contributed by atoms with Crippen molar-refractivity contribution in [3.05, 3.63) is 46.6 Å². The first kappa shape index (κ1) is 21.0. The number of piperidine rings is 1. The monoisotopic (exact) mass is 466 g/mol. The molecule has 1 atom stereocenters. The van der Waals surface area contributed by atoms with Crippen LogP contribution in [-0.4, -0.2) is 41.9 Å². The minimum absolute atomic E-state index is 0.128. The van der Waals surface area contributed by atoms with Crippen LogP contribution in [0.3, 0.4) is 0 Å². The Morgan fingerprint density at radius 3 is 2.93 bits per heavy atom. The zero-order valence-electron chi connectivity index (χ0n) is 16.0. The normalized spacial score (nSPS) is 17.7. The number of aryl methyl sites for hydroxylation is 1. The average molecular weight is 467 g/mol. The number of rotatable bonds is 5. The number of sulfonamides is 1. The van der Waals surface area contributed by atoms with E-state index < -0.39 is 15.9 Å². The highest BCUT2D eigenvalue weighted by molar-refractivity contribution is 7.91. The lowest BCUT2D eigenvalue weighted by Gasteiger charge is -2.30. The third-order valence-corrected chi connectivity index (χ3v) is 8.32. The number of halogens is 1. The lowest BCUT2D eigenvalue weighted by atomic mass is 9.99. The molecule has 0 aliphatic carbocycles. The SMILES string of the molecule is Cc1nc(-c2csc(S(=O)(=O)N3CCC[C@H](C(=O)Nc4cccc(Cl)c4)C3)c2)no1. The van der Waals surface area contributed by atoms with Crippen LogP contribution in [0.1, 0.15) is 18.7 Å². The van der Waals surface area contributed by atoms with Crippen molar-refractivity contribution in [3.8, 4) is 11.4 Å². The molecule has 8 nitrogen and oxygen atoms in total. The van der Waals surface area contributed by atoms with E-state index in [1.54, 1.807) is 42.6 Å². The van der Waals surface area contributed by atoms with Crippen LogP contribution in [0.5, 0.6) is 0 Å². The molecule has 4 rings (SSSR count). The quantitative estimate of drug-likeness (QED) is 0.613. The predicted octanol–water partition coefficient (Wildman–Crippen LogP) is 3.80. The third kappa shape index (κ3) is 4.41. The smallest absolute Gasteiger partial charge is 0.252 e. The second-order valence-corrected chi connectivity index (χ2v) is 10.5. The maximum Gasteiger partial charge on any atom is 0.252 e. The molecule has 11 heteroatoms. The Bertz CT molecular complexity index is 1170. The van der Waals surface area contributed by atoms with Gasteiger partial charge in [-0.1, -0.05) is 22.8 Å². The van der Waals surface area contributed by atoms with Crippen LogP contribution in [0.15, 0.2) is 44.4 Å². The summed E-state index contributed by atoms with van der Waals surface area (Å²) >= 11 is 7.06. The van der Waals surface area contributed by atoms with Crippen LogP contribution in [-0.2, 0) is 14.8 Å². The van der Waals surface area contributed by atoms with E-state index >= 15 is 0 Å². The number of carbonyl (C=O) groups excluding carboxylic acids is 1. The zero-order valence-corrected chi connectivity index (χ0v) is 18.4. The number of carbonyl (C=O) groups is 1. The lowest BCUT2D eigenvalue weighted by molar-refractivity contribution is -0.120. The molecule has 3 aromatic rings. The highest BCUT2D eigenvalue weighted by Crippen LogP contribution is 2.31. The molecule has 2 aromatic heterocycles. The largest absolute Gasteiger partial charge is 0.339 e. The minimum Gasteiger partial charge on any atom is -0.339 e. The molecule has 1 amide bonds. The zero-order chi connectivity index (χ0) is 21.3. The van der Waals surface area contributed by atoms with Gasteiger partial charge in [-0.2, -0.15) is 9.29 Å². The number of anilines is 1. The maximum absolute atomic E-state index is 13.1. The summed E-state index contributed by atoms with van der Waals surface area (Å²) in [5.74, 6) is 0.103. The molecule has 30 heavy (non-hydrogen) atoms. The number of amides is 1. The van der Waals surface area contributed by atoms with Gasteiger partial charge in [0.05, 0.1) is 5.92 Å². The fraction of sp³-hybridized carbons (Fsp3) is 0.316. The number of nitrogens with zero attached hydrogens (tertiary/aromatic N) is 3. The number of nitrogens with one attached hydrogen (secondary N) is 1. The van der Waals surface area contributed by atoms with Gasteiger partial charge in [-0.05, 0) is 37.1 Å². The van der Waals surface area contributed by atoms with Gasteiger partial charge in [-0.15, -0.1) is 11.3 Å². The molecule has 0 spiro atoms. The molecule has 1 aliphatic heterocycles. The van der Waals surface area contributed by atoms with Crippen molar-refractivity contribution in [3.63, 3.8) is 0 Å². The Labute approximate surface area is 182 Å².